The number of Topliss-reactive ketones (excluding diaryl/α,β-unsaturated/α-hetero) is 1. The van der Waals surface area contributed by atoms with Gasteiger partial charge in [0, 0.05) is 42.4 Å². The summed E-state index contributed by atoms with van der Waals surface area (Å²) in [5.74, 6) is -0.784. The van der Waals surface area contributed by atoms with Crippen LogP contribution in [0.15, 0.2) is 28.9 Å². The van der Waals surface area contributed by atoms with Gasteiger partial charge < -0.3 is 9.09 Å². The van der Waals surface area contributed by atoms with Crippen LogP contribution in [0, 0.1) is 0 Å². The lowest BCUT2D eigenvalue weighted by molar-refractivity contribution is -0.134. The number of fused-ring (bicyclic) bond motifs is 3. The summed E-state index contributed by atoms with van der Waals surface area (Å²) in [6, 6.07) is 5.98. The number of carbonyl (C=O) groups excluding carboxylic acids is 3. The summed E-state index contributed by atoms with van der Waals surface area (Å²) < 4.78 is 7.54. The van der Waals surface area contributed by atoms with Crippen molar-refractivity contribution in [3.05, 3.63) is 30.1 Å². The zero-order valence-electron chi connectivity index (χ0n) is 13.3. The van der Waals surface area contributed by atoms with E-state index in [2.05, 4.69) is 15.0 Å². The summed E-state index contributed by atoms with van der Waals surface area (Å²) in [4.78, 5) is 35.0. The molecule has 2 aromatic heterocycles. The summed E-state index contributed by atoms with van der Waals surface area (Å²) >= 11 is 0. The maximum atomic E-state index is 12.2. The second kappa shape index (κ2) is 5.02. The normalized spacial score (nSPS) is 21.8. The number of hydrogen-bond acceptors (Lipinski definition) is 5. The van der Waals surface area contributed by atoms with E-state index in [-0.39, 0.29) is 23.6 Å². The van der Waals surface area contributed by atoms with Crippen LogP contribution >= 0.6 is 0 Å². The molecule has 7 heteroatoms. The van der Waals surface area contributed by atoms with E-state index < -0.39 is 5.92 Å². The zero-order valence-corrected chi connectivity index (χ0v) is 13.3. The lowest BCUT2D eigenvalue weighted by Gasteiger charge is -2.26. The SMILES string of the molecule is O=C1CC(n2ccc3c4c(C5CCC(=O)NC5=O)noc4ccc32)C1. The van der Waals surface area contributed by atoms with Crippen LogP contribution in [0.25, 0.3) is 21.9 Å². The molecule has 5 rings (SSSR count). The minimum Gasteiger partial charge on any atom is -0.356 e. The number of piperidine rings is 1. The first-order valence-electron chi connectivity index (χ1n) is 8.36. The first kappa shape index (κ1) is 14.4. The van der Waals surface area contributed by atoms with Crippen LogP contribution in [0.5, 0.6) is 0 Å². The molecule has 3 heterocycles. The first-order chi connectivity index (χ1) is 12.1. The third kappa shape index (κ3) is 2.05. The monoisotopic (exact) mass is 337 g/mol. The zero-order chi connectivity index (χ0) is 17.1. The summed E-state index contributed by atoms with van der Waals surface area (Å²) in [7, 11) is 0. The Morgan fingerprint density at radius 1 is 1.16 bits per heavy atom. The summed E-state index contributed by atoms with van der Waals surface area (Å²) in [6.45, 7) is 0. The summed E-state index contributed by atoms with van der Waals surface area (Å²) in [6.07, 6.45) is 3.83. The molecule has 1 N–H and O–H groups in total. The average molecular weight is 337 g/mol. The molecule has 1 saturated carbocycles. The number of nitrogens with zero attached hydrogens (tertiary/aromatic N) is 2. The van der Waals surface area contributed by atoms with E-state index in [1.165, 1.54) is 0 Å². The molecule has 2 fully saturated rings. The lowest BCUT2D eigenvalue weighted by Crippen LogP contribution is -2.39. The maximum Gasteiger partial charge on any atom is 0.235 e. The van der Waals surface area contributed by atoms with Gasteiger partial charge in [-0.2, -0.15) is 0 Å². The van der Waals surface area contributed by atoms with Crippen molar-refractivity contribution in [1.82, 2.24) is 15.0 Å². The van der Waals surface area contributed by atoms with Crippen molar-refractivity contribution in [2.24, 2.45) is 0 Å². The van der Waals surface area contributed by atoms with Crippen LogP contribution in [0.3, 0.4) is 0 Å². The van der Waals surface area contributed by atoms with Crippen molar-refractivity contribution >= 4 is 39.5 Å². The predicted octanol–water partition coefficient (Wildman–Crippen LogP) is 2.21. The fourth-order valence-electron chi connectivity index (χ4n) is 3.88. The van der Waals surface area contributed by atoms with E-state index >= 15 is 0 Å². The number of carbonyl (C=O) groups is 3. The van der Waals surface area contributed by atoms with Crippen LogP contribution < -0.4 is 5.32 Å². The second-order valence-electron chi connectivity index (χ2n) is 6.77. The van der Waals surface area contributed by atoms with Crippen molar-refractivity contribution in [2.45, 2.75) is 37.6 Å². The quantitative estimate of drug-likeness (QED) is 0.724. The molecule has 1 unspecified atom stereocenters. The Hall–Kier alpha value is -2.96. The maximum absolute atomic E-state index is 12.2. The van der Waals surface area contributed by atoms with Crippen molar-refractivity contribution < 1.29 is 18.9 Å². The third-order valence-electron chi connectivity index (χ3n) is 5.25. The van der Waals surface area contributed by atoms with Gasteiger partial charge in [0.15, 0.2) is 5.58 Å². The Labute approximate surface area is 141 Å². The molecule has 7 nitrogen and oxygen atoms in total. The number of ketones is 1. The number of hydrogen-bond donors (Lipinski definition) is 1. The molecule has 1 saturated heterocycles. The Morgan fingerprint density at radius 3 is 2.76 bits per heavy atom. The molecule has 0 spiro atoms. The van der Waals surface area contributed by atoms with Crippen molar-refractivity contribution in [2.75, 3.05) is 0 Å². The van der Waals surface area contributed by atoms with Crippen LogP contribution in [-0.2, 0) is 14.4 Å². The Kier molecular flexibility index (Phi) is 2.89. The Bertz CT molecular complexity index is 1050. The highest BCUT2D eigenvalue weighted by Gasteiger charge is 2.33. The molecule has 1 aliphatic heterocycles. The van der Waals surface area contributed by atoms with E-state index in [1.807, 2.05) is 24.4 Å². The highest BCUT2D eigenvalue weighted by molar-refractivity contribution is 6.09. The molecule has 2 aliphatic rings. The summed E-state index contributed by atoms with van der Waals surface area (Å²) in [5.41, 5.74) is 2.20. The van der Waals surface area contributed by atoms with E-state index in [9.17, 15) is 14.4 Å². The summed E-state index contributed by atoms with van der Waals surface area (Å²) in [5, 5.41) is 8.28. The number of benzene rings is 1. The number of aromatic nitrogens is 2. The van der Waals surface area contributed by atoms with Gasteiger partial charge in [0.25, 0.3) is 0 Å². The third-order valence-corrected chi connectivity index (χ3v) is 5.25. The van der Waals surface area contributed by atoms with Gasteiger partial charge in [0.05, 0.1) is 11.3 Å². The predicted molar refractivity (Wildman–Crippen MR) is 87.9 cm³/mol. The van der Waals surface area contributed by atoms with Gasteiger partial charge >= 0.3 is 0 Å². The average Bonchev–Trinajstić information content (AvgIpc) is 3.15. The van der Waals surface area contributed by atoms with E-state index in [0.29, 0.717) is 37.0 Å². The molecule has 1 atom stereocenters. The number of rotatable bonds is 2. The highest BCUT2D eigenvalue weighted by Crippen LogP contribution is 2.38. The second-order valence-corrected chi connectivity index (χ2v) is 6.77. The Balaban J connectivity index is 1.65. The van der Waals surface area contributed by atoms with Crippen LogP contribution in [-0.4, -0.2) is 27.3 Å². The van der Waals surface area contributed by atoms with Gasteiger partial charge in [-0.25, -0.2) is 0 Å². The molecule has 0 radical (unpaired) electrons. The minimum atomic E-state index is -0.488. The molecular formula is C18H15N3O4. The number of imide groups is 1. The molecular weight excluding hydrogens is 322 g/mol. The van der Waals surface area contributed by atoms with Gasteiger partial charge in [-0.3, -0.25) is 19.7 Å². The fraction of sp³-hybridized carbons (Fsp3) is 0.333. The van der Waals surface area contributed by atoms with Crippen molar-refractivity contribution in [3.8, 4) is 0 Å². The standard InChI is InChI=1S/C18H15N3O4/c22-10-7-9(8-10)21-6-5-11-13(21)2-3-14-16(11)17(20-25-14)12-1-4-15(23)19-18(12)24/h2-3,5-6,9,12H,1,4,7-8H2,(H,19,23,24). The molecule has 1 aromatic carbocycles. The van der Waals surface area contributed by atoms with Crippen LogP contribution in [0.1, 0.15) is 43.3 Å². The molecule has 3 aromatic rings. The smallest absolute Gasteiger partial charge is 0.235 e. The molecule has 25 heavy (non-hydrogen) atoms. The number of nitrogens with one attached hydrogen (secondary N) is 1. The molecule has 2 amide bonds. The molecule has 126 valence electrons. The highest BCUT2D eigenvalue weighted by atomic mass is 16.5. The van der Waals surface area contributed by atoms with Gasteiger partial charge in [0.1, 0.15) is 11.5 Å². The minimum absolute atomic E-state index is 0.196. The van der Waals surface area contributed by atoms with Crippen molar-refractivity contribution in [3.63, 3.8) is 0 Å². The van der Waals surface area contributed by atoms with Gasteiger partial charge in [-0.1, -0.05) is 5.16 Å². The van der Waals surface area contributed by atoms with Crippen molar-refractivity contribution in [1.29, 1.82) is 0 Å². The van der Waals surface area contributed by atoms with E-state index in [0.717, 1.165) is 16.3 Å². The van der Waals surface area contributed by atoms with Gasteiger partial charge in [-0.15, -0.1) is 0 Å². The van der Waals surface area contributed by atoms with E-state index in [4.69, 9.17) is 4.52 Å². The first-order valence-corrected chi connectivity index (χ1v) is 8.36. The fourth-order valence-corrected chi connectivity index (χ4v) is 3.88. The topological polar surface area (TPSA) is 94.2 Å². The largest absolute Gasteiger partial charge is 0.356 e. The molecule has 0 bridgehead atoms. The Morgan fingerprint density at radius 2 is 2.00 bits per heavy atom. The number of amides is 2. The van der Waals surface area contributed by atoms with Gasteiger partial charge in [-0.05, 0) is 24.6 Å². The molecule has 1 aliphatic carbocycles. The van der Waals surface area contributed by atoms with Crippen LogP contribution in [0.2, 0.25) is 0 Å². The van der Waals surface area contributed by atoms with Crippen LogP contribution in [0.4, 0.5) is 0 Å². The van der Waals surface area contributed by atoms with E-state index in [1.54, 1.807) is 0 Å². The lowest BCUT2D eigenvalue weighted by atomic mass is 9.90. The van der Waals surface area contributed by atoms with Gasteiger partial charge in [0.2, 0.25) is 11.8 Å².